The van der Waals surface area contributed by atoms with Crippen molar-refractivity contribution in [2.24, 2.45) is 0 Å². The molecule has 4 aromatic rings. The van der Waals surface area contributed by atoms with Gasteiger partial charge in [-0.15, -0.1) is 5.10 Å². The molecule has 3 heterocycles. The summed E-state index contributed by atoms with van der Waals surface area (Å²) < 4.78 is 3.50. The van der Waals surface area contributed by atoms with Crippen molar-refractivity contribution in [3.05, 3.63) is 46.6 Å². The van der Waals surface area contributed by atoms with Crippen LogP contribution in [0.1, 0.15) is 43.8 Å². The predicted molar refractivity (Wildman–Crippen MR) is 101 cm³/mol. The van der Waals surface area contributed by atoms with Gasteiger partial charge < -0.3 is 0 Å². The van der Waals surface area contributed by atoms with Crippen molar-refractivity contribution in [2.75, 3.05) is 0 Å². The van der Waals surface area contributed by atoms with Crippen LogP contribution in [0.3, 0.4) is 0 Å². The lowest BCUT2D eigenvalue weighted by Crippen LogP contribution is -2.06. The molecule has 1 saturated carbocycles. The third kappa shape index (κ3) is 2.56. The van der Waals surface area contributed by atoms with E-state index < -0.39 is 0 Å². The molecule has 0 atom stereocenters. The molecule has 0 spiro atoms. The van der Waals surface area contributed by atoms with Gasteiger partial charge >= 0.3 is 0 Å². The van der Waals surface area contributed by atoms with Crippen LogP contribution in [0.5, 0.6) is 0 Å². The molecule has 26 heavy (non-hydrogen) atoms. The second-order valence-corrected chi connectivity index (χ2v) is 7.52. The number of nitrogens with zero attached hydrogens (tertiary/aromatic N) is 6. The molecule has 0 N–H and O–H groups in total. The SMILES string of the molecule is Clc1ccc(-n2ncc3c2ncn2nc(C4CCCCC4)nc32)cc1Cl. The van der Waals surface area contributed by atoms with Crippen molar-refractivity contribution in [3.63, 3.8) is 0 Å². The van der Waals surface area contributed by atoms with Gasteiger partial charge in [-0.3, -0.25) is 0 Å². The van der Waals surface area contributed by atoms with Crippen molar-refractivity contribution in [2.45, 2.75) is 38.0 Å². The highest BCUT2D eigenvalue weighted by atomic mass is 35.5. The molecule has 1 aliphatic rings. The highest BCUT2D eigenvalue weighted by Gasteiger charge is 2.21. The fraction of sp³-hybridized carbons (Fsp3) is 0.333. The molecule has 1 fully saturated rings. The fourth-order valence-corrected chi connectivity index (χ4v) is 3.97. The van der Waals surface area contributed by atoms with Crippen LogP contribution in [0.25, 0.3) is 22.4 Å². The summed E-state index contributed by atoms with van der Waals surface area (Å²) in [5.74, 6) is 1.37. The van der Waals surface area contributed by atoms with Crippen molar-refractivity contribution in [3.8, 4) is 5.69 Å². The van der Waals surface area contributed by atoms with Crippen LogP contribution in [0.15, 0.2) is 30.7 Å². The third-order valence-corrected chi connectivity index (χ3v) is 5.78. The number of rotatable bonds is 2. The summed E-state index contributed by atoms with van der Waals surface area (Å²) in [6.45, 7) is 0. The summed E-state index contributed by atoms with van der Waals surface area (Å²) in [6, 6.07) is 5.40. The molecule has 0 aliphatic heterocycles. The Bertz CT molecular complexity index is 1110. The van der Waals surface area contributed by atoms with Crippen molar-refractivity contribution < 1.29 is 0 Å². The van der Waals surface area contributed by atoms with Crippen LogP contribution in [0, 0.1) is 0 Å². The minimum absolute atomic E-state index is 0.448. The van der Waals surface area contributed by atoms with Gasteiger partial charge in [-0.05, 0) is 31.0 Å². The van der Waals surface area contributed by atoms with Gasteiger partial charge in [0.2, 0.25) is 0 Å². The zero-order valence-electron chi connectivity index (χ0n) is 13.9. The van der Waals surface area contributed by atoms with Crippen LogP contribution >= 0.6 is 23.2 Å². The Morgan fingerprint density at radius 2 is 1.85 bits per heavy atom. The first-order chi connectivity index (χ1) is 12.7. The topological polar surface area (TPSA) is 60.9 Å². The first-order valence-electron chi connectivity index (χ1n) is 8.75. The van der Waals surface area contributed by atoms with E-state index in [0.29, 0.717) is 16.0 Å². The van der Waals surface area contributed by atoms with Gasteiger partial charge in [0.25, 0.3) is 0 Å². The van der Waals surface area contributed by atoms with Gasteiger partial charge in [0.05, 0.1) is 27.3 Å². The van der Waals surface area contributed by atoms with Crippen LogP contribution in [-0.4, -0.2) is 29.4 Å². The second kappa shape index (κ2) is 6.21. The maximum atomic E-state index is 6.15. The molecule has 6 nitrogen and oxygen atoms in total. The number of benzene rings is 1. The van der Waals surface area contributed by atoms with Gasteiger partial charge in [0, 0.05) is 5.92 Å². The molecule has 0 amide bonds. The summed E-state index contributed by atoms with van der Waals surface area (Å²) in [7, 11) is 0. The largest absolute Gasteiger partial charge is 0.216 e. The van der Waals surface area contributed by atoms with Gasteiger partial charge in [-0.2, -0.15) is 5.10 Å². The molecule has 0 unspecified atom stereocenters. The molecule has 8 heteroatoms. The molecule has 5 rings (SSSR count). The summed E-state index contributed by atoms with van der Waals surface area (Å²) in [6.07, 6.45) is 9.62. The van der Waals surface area contributed by atoms with E-state index in [1.165, 1.54) is 19.3 Å². The van der Waals surface area contributed by atoms with E-state index in [9.17, 15) is 0 Å². The quantitative estimate of drug-likeness (QED) is 0.495. The molecular weight excluding hydrogens is 371 g/mol. The minimum atomic E-state index is 0.448. The lowest BCUT2D eigenvalue weighted by atomic mass is 9.89. The van der Waals surface area contributed by atoms with Gasteiger partial charge in [0.15, 0.2) is 17.1 Å². The Kier molecular flexibility index (Phi) is 3.83. The normalized spacial score (nSPS) is 15.9. The number of fused-ring (bicyclic) bond motifs is 3. The second-order valence-electron chi connectivity index (χ2n) is 6.71. The molecule has 1 aromatic carbocycles. The fourth-order valence-electron chi connectivity index (χ4n) is 3.68. The standard InChI is InChI=1S/C18H16Cl2N6/c19-14-7-6-12(8-15(14)20)26-17-13(9-22-26)18-23-16(24-25(18)10-21-17)11-4-2-1-3-5-11/h6-11H,1-5H2. The van der Waals surface area contributed by atoms with Gasteiger partial charge in [-0.25, -0.2) is 19.2 Å². The number of hydrogen-bond acceptors (Lipinski definition) is 4. The van der Waals surface area contributed by atoms with Crippen LogP contribution in [-0.2, 0) is 0 Å². The Balaban J connectivity index is 1.63. The minimum Gasteiger partial charge on any atom is -0.216 e. The summed E-state index contributed by atoms with van der Waals surface area (Å²) in [5, 5.41) is 11.0. The van der Waals surface area contributed by atoms with E-state index in [1.54, 1.807) is 33.9 Å². The summed E-state index contributed by atoms with van der Waals surface area (Å²) >= 11 is 12.2. The van der Waals surface area contributed by atoms with Gasteiger partial charge in [-0.1, -0.05) is 42.5 Å². The first-order valence-corrected chi connectivity index (χ1v) is 9.51. The molecule has 0 radical (unpaired) electrons. The Morgan fingerprint density at radius 1 is 1.00 bits per heavy atom. The zero-order valence-corrected chi connectivity index (χ0v) is 15.5. The Hall–Kier alpha value is -2.18. The monoisotopic (exact) mass is 386 g/mol. The number of halogens is 2. The summed E-state index contributed by atoms with van der Waals surface area (Å²) in [4.78, 5) is 9.36. The molecular formula is C18H16Cl2N6. The first kappa shape index (κ1) is 16.0. The Labute approximate surface area is 159 Å². The highest BCUT2D eigenvalue weighted by molar-refractivity contribution is 6.42. The lowest BCUT2D eigenvalue weighted by molar-refractivity contribution is 0.429. The van der Waals surface area contributed by atoms with Crippen LogP contribution in [0.4, 0.5) is 0 Å². The summed E-state index contributed by atoms with van der Waals surface area (Å²) in [5.41, 5.74) is 2.32. The molecule has 0 saturated heterocycles. The highest BCUT2D eigenvalue weighted by Crippen LogP contribution is 2.32. The molecule has 0 bridgehead atoms. The van der Waals surface area contributed by atoms with E-state index in [2.05, 4.69) is 15.2 Å². The maximum absolute atomic E-state index is 6.15. The van der Waals surface area contributed by atoms with E-state index in [4.69, 9.17) is 28.2 Å². The average Bonchev–Trinajstić information content (AvgIpc) is 3.28. The Morgan fingerprint density at radius 3 is 2.65 bits per heavy atom. The van der Waals surface area contributed by atoms with Crippen LogP contribution < -0.4 is 0 Å². The van der Waals surface area contributed by atoms with Crippen molar-refractivity contribution >= 4 is 39.9 Å². The maximum Gasteiger partial charge on any atom is 0.170 e. The van der Waals surface area contributed by atoms with E-state index in [0.717, 1.165) is 41.0 Å². The number of hydrogen-bond donors (Lipinski definition) is 0. The molecule has 132 valence electrons. The van der Waals surface area contributed by atoms with Gasteiger partial charge in [0.1, 0.15) is 6.33 Å². The third-order valence-electron chi connectivity index (χ3n) is 5.04. The average molecular weight is 387 g/mol. The van der Waals surface area contributed by atoms with E-state index >= 15 is 0 Å². The van der Waals surface area contributed by atoms with Crippen molar-refractivity contribution in [1.82, 2.24) is 29.4 Å². The van der Waals surface area contributed by atoms with Crippen molar-refractivity contribution in [1.29, 1.82) is 0 Å². The van der Waals surface area contributed by atoms with E-state index in [1.807, 2.05) is 6.07 Å². The smallest absolute Gasteiger partial charge is 0.170 e. The van der Waals surface area contributed by atoms with E-state index in [-0.39, 0.29) is 0 Å². The van der Waals surface area contributed by atoms with Crippen LogP contribution in [0.2, 0.25) is 10.0 Å². The molecule has 3 aromatic heterocycles. The zero-order chi connectivity index (χ0) is 17.7. The number of aromatic nitrogens is 6. The lowest BCUT2D eigenvalue weighted by Gasteiger charge is -2.17. The predicted octanol–water partition coefficient (Wildman–Crippen LogP) is 4.82. The molecule has 1 aliphatic carbocycles.